The molecule has 0 radical (unpaired) electrons. The summed E-state index contributed by atoms with van der Waals surface area (Å²) in [6, 6.07) is 15.8. The Kier molecular flexibility index (Phi) is 5.03. The minimum atomic E-state index is 0.642. The van der Waals surface area contributed by atoms with Crippen molar-refractivity contribution in [3.05, 3.63) is 58.1 Å². The quantitative estimate of drug-likeness (QED) is 0.901. The van der Waals surface area contributed by atoms with E-state index in [0.29, 0.717) is 5.56 Å². The van der Waals surface area contributed by atoms with E-state index in [2.05, 4.69) is 33.4 Å². The lowest BCUT2D eigenvalue weighted by molar-refractivity contribution is 0.414. The second-order valence-electron chi connectivity index (χ2n) is 4.33. The summed E-state index contributed by atoms with van der Waals surface area (Å²) in [5.74, 6) is 0.878. The second-order valence-corrected chi connectivity index (χ2v) is 5.19. The van der Waals surface area contributed by atoms with E-state index in [0.717, 1.165) is 28.9 Å². The van der Waals surface area contributed by atoms with Crippen LogP contribution in [0.5, 0.6) is 5.75 Å². The number of benzene rings is 2. The number of hydrogen-bond acceptors (Lipinski definition) is 3. The maximum atomic E-state index is 8.87. The van der Waals surface area contributed by atoms with Crippen molar-refractivity contribution in [2.45, 2.75) is 6.42 Å². The Morgan fingerprint density at radius 2 is 2.10 bits per heavy atom. The van der Waals surface area contributed by atoms with Crippen LogP contribution >= 0.6 is 15.9 Å². The van der Waals surface area contributed by atoms with Gasteiger partial charge in [0.2, 0.25) is 0 Å². The van der Waals surface area contributed by atoms with Crippen LogP contribution in [0.4, 0.5) is 5.69 Å². The first kappa shape index (κ1) is 14.4. The third-order valence-electron chi connectivity index (χ3n) is 2.97. The standard InChI is InChI=1S/C16H15BrN2O/c1-20-15-4-2-3-12(9-15)7-8-19-14-6-5-13(11-18)16(17)10-14/h2-6,9-10,19H,7-8H2,1H3. The molecule has 0 aliphatic heterocycles. The van der Waals surface area contributed by atoms with Gasteiger partial charge in [-0.3, -0.25) is 0 Å². The molecule has 1 N–H and O–H groups in total. The van der Waals surface area contributed by atoms with E-state index in [1.165, 1.54) is 5.56 Å². The van der Waals surface area contributed by atoms with Gasteiger partial charge in [0.05, 0.1) is 12.7 Å². The monoisotopic (exact) mass is 330 g/mol. The Morgan fingerprint density at radius 1 is 1.25 bits per heavy atom. The summed E-state index contributed by atoms with van der Waals surface area (Å²) in [6.07, 6.45) is 0.912. The van der Waals surface area contributed by atoms with Crippen LogP contribution < -0.4 is 10.1 Å². The van der Waals surface area contributed by atoms with Crippen molar-refractivity contribution >= 4 is 21.6 Å². The van der Waals surface area contributed by atoms with Gasteiger partial charge in [0.15, 0.2) is 0 Å². The molecule has 0 spiro atoms. The number of nitrogens with zero attached hydrogens (tertiary/aromatic N) is 1. The fourth-order valence-corrected chi connectivity index (χ4v) is 2.36. The highest BCUT2D eigenvalue weighted by atomic mass is 79.9. The van der Waals surface area contributed by atoms with E-state index < -0.39 is 0 Å². The number of halogens is 1. The lowest BCUT2D eigenvalue weighted by Gasteiger charge is -2.08. The van der Waals surface area contributed by atoms with Crippen LogP contribution in [0.3, 0.4) is 0 Å². The molecule has 0 atom stereocenters. The fraction of sp³-hybridized carbons (Fsp3) is 0.188. The number of ether oxygens (including phenoxy) is 1. The van der Waals surface area contributed by atoms with E-state index in [1.807, 2.05) is 30.3 Å². The third kappa shape index (κ3) is 3.75. The minimum absolute atomic E-state index is 0.642. The first-order chi connectivity index (χ1) is 9.72. The minimum Gasteiger partial charge on any atom is -0.497 e. The van der Waals surface area contributed by atoms with Gasteiger partial charge in [0.1, 0.15) is 11.8 Å². The predicted molar refractivity (Wildman–Crippen MR) is 84.0 cm³/mol. The molecule has 3 nitrogen and oxygen atoms in total. The molecule has 0 saturated carbocycles. The summed E-state index contributed by atoms with van der Waals surface area (Å²) in [6.45, 7) is 0.825. The maximum absolute atomic E-state index is 8.87. The van der Waals surface area contributed by atoms with Crippen LogP contribution in [0, 0.1) is 11.3 Å². The summed E-state index contributed by atoms with van der Waals surface area (Å²) in [5.41, 5.74) is 2.87. The molecule has 20 heavy (non-hydrogen) atoms. The van der Waals surface area contributed by atoms with Gasteiger partial charge >= 0.3 is 0 Å². The topological polar surface area (TPSA) is 45.0 Å². The number of hydrogen-bond donors (Lipinski definition) is 1. The highest BCUT2D eigenvalue weighted by Crippen LogP contribution is 2.21. The summed E-state index contributed by atoms with van der Waals surface area (Å²) in [7, 11) is 1.67. The lowest BCUT2D eigenvalue weighted by atomic mass is 10.1. The zero-order chi connectivity index (χ0) is 14.4. The van der Waals surface area contributed by atoms with Crippen molar-refractivity contribution in [2.75, 3.05) is 19.0 Å². The van der Waals surface area contributed by atoms with E-state index >= 15 is 0 Å². The zero-order valence-electron chi connectivity index (χ0n) is 11.2. The number of anilines is 1. The lowest BCUT2D eigenvalue weighted by Crippen LogP contribution is -2.05. The number of nitriles is 1. The largest absolute Gasteiger partial charge is 0.497 e. The third-order valence-corrected chi connectivity index (χ3v) is 3.62. The highest BCUT2D eigenvalue weighted by molar-refractivity contribution is 9.10. The molecule has 0 amide bonds. The SMILES string of the molecule is COc1cccc(CCNc2ccc(C#N)c(Br)c2)c1. The fourth-order valence-electron chi connectivity index (χ4n) is 1.89. The van der Waals surface area contributed by atoms with E-state index in [1.54, 1.807) is 13.2 Å². The maximum Gasteiger partial charge on any atom is 0.119 e. The summed E-state index contributed by atoms with van der Waals surface area (Å²) in [4.78, 5) is 0. The van der Waals surface area contributed by atoms with Crippen LogP contribution in [-0.2, 0) is 6.42 Å². The van der Waals surface area contributed by atoms with Gasteiger partial charge < -0.3 is 10.1 Å². The molecule has 2 aromatic carbocycles. The summed E-state index contributed by atoms with van der Waals surface area (Å²) < 4.78 is 6.01. The predicted octanol–water partition coefficient (Wildman–Crippen LogP) is 3.98. The Morgan fingerprint density at radius 3 is 2.80 bits per heavy atom. The van der Waals surface area contributed by atoms with Crippen LogP contribution in [0.25, 0.3) is 0 Å². The van der Waals surface area contributed by atoms with Crippen molar-refractivity contribution in [1.82, 2.24) is 0 Å². The molecule has 2 rings (SSSR count). The molecule has 2 aromatic rings. The molecule has 0 heterocycles. The average Bonchev–Trinajstić information content (AvgIpc) is 2.48. The first-order valence-corrected chi connectivity index (χ1v) is 7.08. The van der Waals surface area contributed by atoms with Gasteiger partial charge in [0, 0.05) is 16.7 Å². The molecule has 0 aliphatic carbocycles. The van der Waals surface area contributed by atoms with Crippen LogP contribution in [0.2, 0.25) is 0 Å². The Hall–Kier alpha value is -1.99. The molecule has 4 heteroatoms. The Labute approximate surface area is 127 Å². The Bertz CT molecular complexity index is 635. The normalized spacial score (nSPS) is 9.85. The van der Waals surface area contributed by atoms with Crippen molar-refractivity contribution in [2.24, 2.45) is 0 Å². The molecule has 0 aromatic heterocycles. The van der Waals surface area contributed by atoms with Crippen molar-refractivity contribution in [1.29, 1.82) is 5.26 Å². The molecular weight excluding hydrogens is 316 g/mol. The van der Waals surface area contributed by atoms with E-state index in [9.17, 15) is 0 Å². The van der Waals surface area contributed by atoms with E-state index in [4.69, 9.17) is 10.00 Å². The number of nitrogens with one attached hydrogen (secondary N) is 1. The second kappa shape index (κ2) is 6.97. The van der Waals surface area contributed by atoms with Gasteiger partial charge in [-0.1, -0.05) is 12.1 Å². The first-order valence-electron chi connectivity index (χ1n) is 6.29. The van der Waals surface area contributed by atoms with Crippen molar-refractivity contribution in [3.63, 3.8) is 0 Å². The van der Waals surface area contributed by atoms with Crippen LogP contribution in [0.1, 0.15) is 11.1 Å². The van der Waals surface area contributed by atoms with Crippen molar-refractivity contribution < 1.29 is 4.74 Å². The smallest absolute Gasteiger partial charge is 0.119 e. The molecule has 0 aliphatic rings. The van der Waals surface area contributed by atoms with Gasteiger partial charge in [-0.2, -0.15) is 5.26 Å². The number of methoxy groups -OCH3 is 1. The molecule has 0 unspecified atom stereocenters. The molecule has 0 fully saturated rings. The van der Waals surface area contributed by atoms with Gasteiger partial charge in [0.25, 0.3) is 0 Å². The average molecular weight is 331 g/mol. The zero-order valence-corrected chi connectivity index (χ0v) is 12.8. The molecule has 0 bridgehead atoms. The summed E-state index contributed by atoms with van der Waals surface area (Å²) >= 11 is 3.38. The van der Waals surface area contributed by atoms with Gasteiger partial charge in [-0.05, 0) is 58.2 Å². The molecule has 102 valence electrons. The Balaban J connectivity index is 1.92. The van der Waals surface area contributed by atoms with Crippen LogP contribution in [0.15, 0.2) is 46.9 Å². The molecular formula is C16H15BrN2O. The number of rotatable bonds is 5. The molecule has 0 saturated heterocycles. The van der Waals surface area contributed by atoms with Gasteiger partial charge in [-0.15, -0.1) is 0 Å². The van der Waals surface area contributed by atoms with E-state index in [-0.39, 0.29) is 0 Å². The highest BCUT2D eigenvalue weighted by Gasteiger charge is 2.01. The van der Waals surface area contributed by atoms with Gasteiger partial charge in [-0.25, -0.2) is 0 Å². The summed E-state index contributed by atoms with van der Waals surface area (Å²) in [5, 5.41) is 12.2. The van der Waals surface area contributed by atoms with Crippen LogP contribution in [-0.4, -0.2) is 13.7 Å². The van der Waals surface area contributed by atoms with Crippen molar-refractivity contribution in [3.8, 4) is 11.8 Å².